The van der Waals surface area contributed by atoms with Crippen LogP contribution in [0.5, 0.6) is 17.2 Å². The Labute approximate surface area is 229 Å². The molecule has 0 fully saturated rings. The molecule has 1 aliphatic rings. The number of aliphatic hydroxyl groups excluding tert-OH is 1. The van der Waals surface area contributed by atoms with E-state index in [9.17, 15) is 14.7 Å². The number of ether oxygens (including phenoxy) is 4. The second-order valence-electron chi connectivity index (χ2n) is 7.93. The van der Waals surface area contributed by atoms with Crippen LogP contribution < -0.4 is 30.3 Å². The minimum atomic E-state index is -1.18. The fourth-order valence-electron chi connectivity index (χ4n) is 3.71. The van der Waals surface area contributed by atoms with E-state index < -0.39 is 24.3 Å². The Kier molecular flexibility index (Phi) is 10.1. The van der Waals surface area contributed by atoms with Crippen LogP contribution in [0.3, 0.4) is 0 Å². The summed E-state index contributed by atoms with van der Waals surface area (Å²) in [5.41, 5.74) is 4.28. The number of nitrogens with one attached hydrogen (secondary N) is 3. The lowest BCUT2D eigenvalue weighted by Gasteiger charge is -2.28. The molecule has 2 atom stereocenters. The van der Waals surface area contributed by atoms with Crippen molar-refractivity contribution in [3.05, 3.63) is 62.8 Å². The molecule has 11 nitrogen and oxygen atoms in total. The number of nitrogens with zero attached hydrogens (tertiary/aromatic N) is 1. The monoisotopic (exact) mass is 566 g/mol. The Hall–Kier alpha value is -3.67. The van der Waals surface area contributed by atoms with Crippen LogP contribution >= 0.6 is 23.2 Å². The molecule has 0 aliphatic carbocycles. The number of rotatable bonds is 11. The zero-order valence-corrected chi connectivity index (χ0v) is 22.6. The molecular formula is C25H28Cl2N4O7. The molecule has 0 unspecified atom stereocenters. The van der Waals surface area contributed by atoms with Gasteiger partial charge in [0.15, 0.2) is 17.7 Å². The summed E-state index contributed by atoms with van der Waals surface area (Å²) in [6.45, 7) is 3.56. The second-order valence-corrected chi connectivity index (χ2v) is 8.77. The van der Waals surface area contributed by atoms with Gasteiger partial charge in [-0.05, 0) is 43.7 Å². The molecule has 4 N–H and O–H groups in total. The molecule has 0 bridgehead atoms. The fourth-order valence-corrected chi connectivity index (χ4v) is 4.29. The zero-order chi connectivity index (χ0) is 27.8. The van der Waals surface area contributed by atoms with Crippen molar-refractivity contribution >= 4 is 41.4 Å². The first-order chi connectivity index (χ1) is 18.2. The van der Waals surface area contributed by atoms with Crippen LogP contribution in [0.15, 0.2) is 46.7 Å². The Morgan fingerprint density at radius 2 is 1.97 bits per heavy atom. The van der Waals surface area contributed by atoms with E-state index in [4.69, 9.17) is 42.1 Å². The van der Waals surface area contributed by atoms with E-state index in [0.29, 0.717) is 50.7 Å². The van der Waals surface area contributed by atoms with Crippen molar-refractivity contribution in [2.45, 2.75) is 26.1 Å². The van der Waals surface area contributed by atoms with Crippen molar-refractivity contribution in [1.82, 2.24) is 16.1 Å². The van der Waals surface area contributed by atoms with Gasteiger partial charge in [0.1, 0.15) is 12.4 Å². The predicted molar refractivity (Wildman–Crippen MR) is 142 cm³/mol. The van der Waals surface area contributed by atoms with Crippen LogP contribution in [0, 0.1) is 0 Å². The number of halogens is 2. The number of carbonyl (C=O) groups is 2. The highest BCUT2D eigenvalue weighted by molar-refractivity contribution is 6.36. The highest BCUT2D eigenvalue weighted by Gasteiger charge is 2.32. The standard InChI is InChI=1S/C25H28Cl2N4O7/c1-5-37-19-9-14(22-21(24(33)36-4)13(2)29-25(34)30-22)6-7-18(19)38-12-20(32)31-28-11-15-8-16(26)10-17(27)23(15)35-3/h6-11,20,22,31-32H,5,12H2,1-4H3,(H2,29,30,34)/b28-11+/t20-,22-/m1/s1. The Bertz CT molecular complexity index is 1250. The summed E-state index contributed by atoms with van der Waals surface area (Å²) < 4.78 is 21.6. The van der Waals surface area contributed by atoms with Gasteiger partial charge in [-0.1, -0.05) is 29.3 Å². The van der Waals surface area contributed by atoms with E-state index in [1.165, 1.54) is 20.4 Å². The van der Waals surface area contributed by atoms with E-state index in [1.54, 1.807) is 44.2 Å². The molecule has 38 heavy (non-hydrogen) atoms. The number of esters is 1. The van der Waals surface area contributed by atoms with Crippen LogP contribution in [0.25, 0.3) is 0 Å². The van der Waals surface area contributed by atoms with Gasteiger partial charge in [-0.25, -0.2) is 9.59 Å². The van der Waals surface area contributed by atoms with Gasteiger partial charge in [0, 0.05) is 16.3 Å². The number of benzene rings is 2. The van der Waals surface area contributed by atoms with Gasteiger partial charge in [-0.15, -0.1) is 0 Å². The smallest absolute Gasteiger partial charge is 0.337 e. The molecule has 2 aromatic rings. The third-order valence-electron chi connectivity index (χ3n) is 5.34. The molecule has 0 spiro atoms. The topological polar surface area (TPSA) is 140 Å². The molecule has 13 heteroatoms. The van der Waals surface area contributed by atoms with Crippen LogP contribution in [0.2, 0.25) is 10.0 Å². The first kappa shape index (κ1) is 28.9. The molecule has 2 amide bonds. The molecule has 3 rings (SSSR count). The minimum absolute atomic E-state index is 0.180. The maximum atomic E-state index is 12.4. The normalized spacial score (nSPS) is 16.0. The zero-order valence-electron chi connectivity index (χ0n) is 21.1. The maximum Gasteiger partial charge on any atom is 0.337 e. The van der Waals surface area contributed by atoms with Crippen molar-refractivity contribution in [2.75, 3.05) is 27.4 Å². The van der Waals surface area contributed by atoms with Gasteiger partial charge in [-0.2, -0.15) is 5.10 Å². The SMILES string of the molecule is CCOc1cc([C@H]2NC(=O)NC(C)=C2C(=O)OC)ccc1OC[C@@H](O)N/N=C/c1cc(Cl)cc(Cl)c1OC. The van der Waals surface area contributed by atoms with E-state index >= 15 is 0 Å². The largest absolute Gasteiger partial charge is 0.495 e. The van der Waals surface area contributed by atoms with Gasteiger partial charge < -0.3 is 34.7 Å². The number of hydrazone groups is 1. The molecule has 1 aliphatic heterocycles. The number of aliphatic hydroxyl groups is 1. The van der Waals surface area contributed by atoms with E-state index in [0.717, 1.165) is 0 Å². The highest BCUT2D eigenvalue weighted by Crippen LogP contribution is 2.35. The fraction of sp³-hybridized carbons (Fsp3) is 0.320. The van der Waals surface area contributed by atoms with Crippen LogP contribution in [0.1, 0.15) is 31.0 Å². The van der Waals surface area contributed by atoms with Crippen LogP contribution in [-0.4, -0.2) is 57.0 Å². The van der Waals surface area contributed by atoms with Gasteiger partial charge in [0.2, 0.25) is 0 Å². The van der Waals surface area contributed by atoms with Crippen molar-refractivity contribution in [3.63, 3.8) is 0 Å². The number of hydrogen-bond donors (Lipinski definition) is 4. The molecule has 0 saturated heterocycles. The molecule has 1 heterocycles. The highest BCUT2D eigenvalue weighted by atomic mass is 35.5. The molecule has 0 radical (unpaired) electrons. The lowest BCUT2D eigenvalue weighted by atomic mass is 9.95. The van der Waals surface area contributed by atoms with Gasteiger partial charge in [0.05, 0.1) is 43.7 Å². The third kappa shape index (κ3) is 7.00. The summed E-state index contributed by atoms with van der Waals surface area (Å²) in [6, 6.07) is 6.89. The Morgan fingerprint density at radius 1 is 1.21 bits per heavy atom. The van der Waals surface area contributed by atoms with Crippen molar-refractivity contribution in [3.8, 4) is 17.2 Å². The lowest BCUT2D eigenvalue weighted by Crippen LogP contribution is -2.45. The Balaban J connectivity index is 1.72. The number of methoxy groups -OCH3 is 2. The molecular weight excluding hydrogens is 539 g/mol. The third-order valence-corrected chi connectivity index (χ3v) is 5.84. The Morgan fingerprint density at radius 3 is 2.66 bits per heavy atom. The second kappa shape index (κ2) is 13.2. The summed E-state index contributed by atoms with van der Waals surface area (Å²) >= 11 is 12.2. The molecule has 204 valence electrons. The first-order valence-electron chi connectivity index (χ1n) is 11.4. The van der Waals surface area contributed by atoms with Gasteiger partial charge >= 0.3 is 12.0 Å². The van der Waals surface area contributed by atoms with Gasteiger partial charge in [0.25, 0.3) is 0 Å². The molecule has 2 aromatic carbocycles. The quantitative estimate of drug-likeness (QED) is 0.140. The number of carbonyl (C=O) groups excluding carboxylic acids is 2. The lowest BCUT2D eigenvalue weighted by molar-refractivity contribution is -0.136. The van der Waals surface area contributed by atoms with Crippen molar-refractivity contribution < 1.29 is 33.6 Å². The summed E-state index contributed by atoms with van der Waals surface area (Å²) in [7, 11) is 2.74. The first-order valence-corrected chi connectivity index (χ1v) is 12.2. The average molecular weight is 567 g/mol. The number of hydrogen-bond acceptors (Lipinski definition) is 9. The van der Waals surface area contributed by atoms with Crippen LogP contribution in [0.4, 0.5) is 4.79 Å². The summed E-state index contributed by atoms with van der Waals surface area (Å²) in [5, 5.41) is 20.3. The van der Waals surface area contributed by atoms with Gasteiger partial charge in [-0.3, -0.25) is 5.43 Å². The van der Waals surface area contributed by atoms with E-state index in [2.05, 4.69) is 21.2 Å². The minimum Gasteiger partial charge on any atom is -0.495 e. The number of amides is 2. The predicted octanol–water partition coefficient (Wildman–Crippen LogP) is 3.52. The number of allylic oxidation sites excluding steroid dienone is 1. The molecule has 0 saturated carbocycles. The average Bonchev–Trinajstić information content (AvgIpc) is 2.87. The van der Waals surface area contributed by atoms with Crippen molar-refractivity contribution in [2.24, 2.45) is 5.10 Å². The number of urea groups is 1. The van der Waals surface area contributed by atoms with Crippen LogP contribution in [-0.2, 0) is 9.53 Å². The van der Waals surface area contributed by atoms with E-state index in [-0.39, 0.29) is 12.2 Å². The maximum absolute atomic E-state index is 12.4. The summed E-state index contributed by atoms with van der Waals surface area (Å²) in [4.78, 5) is 24.5. The summed E-state index contributed by atoms with van der Waals surface area (Å²) in [6.07, 6.45) is 0.225. The molecule has 0 aromatic heterocycles. The summed E-state index contributed by atoms with van der Waals surface area (Å²) in [5.74, 6) is 0.503. The van der Waals surface area contributed by atoms with Crippen molar-refractivity contribution in [1.29, 1.82) is 0 Å². The van der Waals surface area contributed by atoms with E-state index in [1.807, 2.05) is 0 Å².